The lowest BCUT2D eigenvalue weighted by Crippen LogP contribution is -2.40. The molecular formula is C25H27ClN4O5. The maximum absolute atomic E-state index is 12.9. The minimum atomic E-state index is -0.361. The van der Waals surface area contributed by atoms with Crippen LogP contribution in [-0.2, 0) is 20.7 Å². The molecule has 0 unspecified atom stereocenters. The Balaban J connectivity index is 1.49. The van der Waals surface area contributed by atoms with E-state index >= 15 is 0 Å². The molecule has 184 valence electrons. The number of rotatable bonds is 4. The Morgan fingerprint density at radius 1 is 1.09 bits per heavy atom. The summed E-state index contributed by atoms with van der Waals surface area (Å²) in [5.41, 5.74) is 1.43. The fraction of sp³-hybridized carbons (Fsp3) is 0.320. The number of carbonyl (C=O) groups excluding carboxylic acids is 2. The van der Waals surface area contributed by atoms with Gasteiger partial charge in [0.15, 0.2) is 17.2 Å². The van der Waals surface area contributed by atoms with Crippen LogP contribution in [0.3, 0.4) is 0 Å². The topological polar surface area (TPSA) is 106 Å². The Hall–Kier alpha value is -3.56. The standard InChI is InChI=1S/C25H27ClN4O5/c26-19-8-9-21-20(14-19)29-24(31)17-30(25(32)7-3-4-18-15-27-28-16-18)10-11-33-12-13-34-22-5-1-2-6-23(22)35-21/h1-2,5-6,8-9,14-16H,3-4,7,10-13,17H2,(H,27,28)(H,29,31). The maximum atomic E-state index is 12.9. The first-order valence-corrected chi connectivity index (χ1v) is 11.8. The van der Waals surface area contributed by atoms with Crippen molar-refractivity contribution in [3.8, 4) is 17.2 Å². The molecule has 10 heteroatoms. The summed E-state index contributed by atoms with van der Waals surface area (Å²) >= 11 is 6.18. The van der Waals surface area contributed by atoms with Gasteiger partial charge in [0.2, 0.25) is 11.8 Å². The maximum Gasteiger partial charge on any atom is 0.244 e. The van der Waals surface area contributed by atoms with E-state index in [0.29, 0.717) is 54.0 Å². The summed E-state index contributed by atoms with van der Waals surface area (Å²) in [6.07, 6.45) is 5.22. The first kappa shape index (κ1) is 24.6. The summed E-state index contributed by atoms with van der Waals surface area (Å²) in [6, 6.07) is 12.2. The molecule has 1 aromatic heterocycles. The highest BCUT2D eigenvalue weighted by molar-refractivity contribution is 6.31. The molecule has 1 aliphatic rings. The number of aromatic amines is 1. The van der Waals surface area contributed by atoms with Crippen LogP contribution >= 0.6 is 11.6 Å². The zero-order valence-corrected chi connectivity index (χ0v) is 19.9. The van der Waals surface area contributed by atoms with E-state index in [9.17, 15) is 9.59 Å². The molecule has 0 atom stereocenters. The van der Waals surface area contributed by atoms with Gasteiger partial charge in [-0.15, -0.1) is 0 Å². The second-order valence-corrected chi connectivity index (χ2v) is 8.41. The quantitative estimate of drug-likeness (QED) is 0.562. The molecule has 3 aromatic rings. The van der Waals surface area contributed by atoms with Gasteiger partial charge in [0.25, 0.3) is 0 Å². The lowest BCUT2D eigenvalue weighted by Gasteiger charge is -2.22. The first-order valence-electron chi connectivity index (χ1n) is 11.4. The number of ether oxygens (including phenoxy) is 3. The minimum Gasteiger partial charge on any atom is -0.487 e. The van der Waals surface area contributed by atoms with Crippen LogP contribution in [-0.4, -0.2) is 59.8 Å². The molecule has 0 saturated heterocycles. The molecule has 2 heterocycles. The van der Waals surface area contributed by atoms with E-state index in [1.807, 2.05) is 12.1 Å². The summed E-state index contributed by atoms with van der Waals surface area (Å²) in [7, 11) is 0. The number of hydrogen-bond donors (Lipinski definition) is 2. The molecule has 35 heavy (non-hydrogen) atoms. The molecule has 4 rings (SSSR count). The van der Waals surface area contributed by atoms with Crippen molar-refractivity contribution in [1.29, 1.82) is 0 Å². The monoisotopic (exact) mass is 498 g/mol. The Morgan fingerprint density at radius 2 is 1.94 bits per heavy atom. The first-order chi connectivity index (χ1) is 17.1. The number of fused-ring (bicyclic) bond motifs is 2. The number of anilines is 1. The highest BCUT2D eigenvalue weighted by atomic mass is 35.5. The van der Waals surface area contributed by atoms with Crippen molar-refractivity contribution < 1.29 is 23.8 Å². The number of hydrogen-bond acceptors (Lipinski definition) is 6. The van der Waals surface area contributed by atoms with Crippen molar-refractivity contribution in [1.82, 2.24) is 15.1 Å². The minimum absolute atomic E-state index is 0.118. The Bertz CT molecular complexity index is 1140. The molecule has 2 aromatic carbocycles. The van der Waals surface area contributed by atoms with Gasteiger partial charge in [-0.1, -0.05) is 23.7 Å². The van der Waals surface area contributed by atoms with Crippen molar-refractivity contribution >= 4 is 29.1 Å². The average Bonchev–Trinajstić information content (AvgIpc) is 3.36. The van der Waals surface area contributed by atoms with Gasteiger partial charge in [-0.2, -0.15) is 5.10 Å². The van der Waals surface area contributed by atoms with E-state index in [1.165, 1.54) is 4.90 Å². The predicted octanol–water partition coefficient (Wildman–Crippen LogP) is 4.05. The molecule has 0 aliphatic carbocycles. The number of aryl methyl sites for hydroxylation is 1. The summed E-state index contributed by atoms with van der Waals surface area (Å²) in [5.74, 6) is 0.965. The number of nitrogens with zero attached hydrogens (tertiary/aromatic N) is 2. The van der Waals surface area contributed by atoms with E-state index < -0.39 is 0 Å². The van der Waals surface area contributed by atoms with Crippen LogP contribution in [0, 0.1) is 0 Å². The highest BCUT2D eigenvalue weighted by Crippen LogP contribution is 2.36. The number of aromatic nitrogens is 2. The molecule has 0 radical (unpaired) electrons. The van der Waals surface area contributed by atoms with Crippen molar-refractivity contribution in [3.05, 3.63) is 65.4 Å². The fourth-order valence-electron chi connectivity index (χ4n) is 3.62. The highest BCUT2D eigenvalue weighted by Gasteiger charge is 2.19. The lowest BCUT2D eigenvalue weighted by atomic mass is 10.1. The van der Waals surface area contributed by atoms with Crippen molar-refractivity contribution in [3.63, 3.8) is 0 Å². The number of para-hydroxylation sites is 2. The number of halogens is 1. The van der Waals surface area contributed by atoms with E-state index in [1.54, 1.807) is 42.7 Å². The van der Waals surface area contributed by atoms with Crippen molar-refractivity contribution in [2.45, 2.75) is 19.3 Å². The molecule has 2 amide bonds. The molecule has 0 spiro atoms. The molecule has 2 N–H and O–H groups in total. The number of H-pyrrole nitrogens is 1. The van der Waals surface area contributed by atoms with Crippen LogP contribution in [0.25, 0.3) is 0 Å². The van der Waals surface area contributed by atoms with Crippen molar-refractivity contribution in [2.24, 2.45) is 0 Å². The normalized spacial score (nSPS) is 14.9. The second kappa shape index (κ2) is 12.2. The fourth-order valence-corrected chi connectivity index (χ4v) is 3.79. The van der Waals surface area contributed by atoms with Gasteiger partial charge in [0.05, 0.1) is 31.6 Å². The summed E-state index contributed by atoms with van der Waals surface area (Å²) < 4.78 is 17.6. The van der Waals surface area contributed by atoms with Gasteiger partial charge < -0.3 is 24.4 Å². The average molecular weight is 499 g/mol. The zero-order valence-electron chi connectivity index (χ0n) is 19.2. The SMILES string of the molecule is O=C1CN(C(=O)CCCc2cn[nH]c2)CCOCCOc2ccccc2Oc2ccc(Cl)cc2N1. The Kier molecular flexibility index (Phi) is 8.58. The van der Waals surface area contributed by atoms with Gasteiger partial charge >= 0.3 is 0 Å². The van der Waals surface area contributed by atoms with E-state index in [4.69, 9.17) is 25.8 Å². The molecule has 1 aliphatic heterocycles. The van der Waals surface area contributed by atoms with E-state index in [2.05, 4.69) is 15.5 Å². The Labute approximate surface area is 208 Å². The van der Waals surface area contributed by atoms with Gasteiger partial charge in [-0.05, 0) is 48.7 Å². The van der Waals surface area contributed by atoms with Crippen LogP contribution in [0.15, 0.2) is 54.9 Å². The molecule has 9 nitrogen and oxygen atoms in total. The molecule has 0 bridgehead atoms. The number of nitrogens with one attached hydrogen (secondary N) is 2. The zero-order chi connectivity index (χ0) is 24.5. The van der Waals surface area contributed by atoms with Gasteiger partial charge in [0, 0.05) is 24.2 Å². The summed E-state index contributed by atoms with van der Waals surface area (Å²) in [6.45, 7) is 1.09. The van der Waals surface area contributed by atoms with E-state index in [-0.39, 0.29) is 31.5 Å². The molecule has 0 fully saturated rings. The van der Waals surface area contributed by atoms with Crippen LogP contribution in [0.2, 0.25) is 5.02 Å². The van der Waals surface area contributed by atoms with E-state index in [0.717, 1.165) is 12.0 Å². The van der Waals surface area contributed by atoms with Crippen LogP contribution in [0.4, 0.5) is 5.69 Å². The molecular weight excluding hydrogens is 472 g/mol. The van der Waals surface area contributed by atoms with Crippen molar-refractivity contribution in [2.75, 3.05) is 38.2 Å². The van der Waals surface area contributed by atoms with Crippen LogP contribution < -0.4 is 14.8 Å². The Morgan fingerprint density at radius 3 is 2.77 bits per heavy atom. The van der Waals surface area contributed by atoms with Gasteiger partial charge in [0.1, 0.15) is 6.61 Å². The summed E-state index contributed by atoms with van der Waals surface area (Å²) in [5, 5.41) is 9.95. The third-order valence-electron chi connectivity index (χ3n) is 5.37. The number of benzene rings is 2. The largest absolute Gasteiger partial charge is 0.487 e. The third kappa shape index (κ3) is 7.21. The van der Waals surface area contributed by atoms with Gasteiger partial charge in [-0.3, -0.25) is 14.7 Å². The number of amides is 2. The van der Waals surface area contributed by atoms with Crippen LogP contribution in [0.1, 0.15) is 18.4 Å². The van der Waals surface area contributed by atoms with Gasteiger partial charge in [-0.25, -0.2) is 0 Å². The second-order valence-electron chi connectivity index (χ2n) is 7.97. The third-order valence-corrected chi connectivity index (χ3v) is 5.61. The van der Waals surface area contributed by atoms with Crippen LogP contribution in [0.5, 0.6) is 17.2 Å². The molecule has 0 saturated carbocycles. The predicted molar refractivity (Wildman–Crippen MR) is 131 cm³/mol. The smallest absolute Gasteiger partial charge is 0.244 e. The summed E-state index contributed by atoms with van der Waals surface area (Å²) in [4.78, 5) is 27.4. The number of carbonyl (C=O) groups is 2. The lowest BCUT2D eigenvalue weighted by molar-refractivity contribution is -0.135.